The molecule has 1 heterocycles. The molecular weight excluding hydrogens is 239 g/mol. The van der Waals surface area contributed by atoms with Crippen LogP contribution in [0.1, 0.15) is 11.3 Å². The van der Waals surface area contributed by atoms with E-state index in [1.807, 2.05) is 0 Å². The lowest BCUT2D eigenvalue weighted by atomic mass is 10.2. The van der Waals surface area contributed by atoms with Gasteiger partial charge in [0.15, 0.2) is 0 Å². The molecule has 1 N–H and O–H groups in total. The largest absolute Gasteiger partial charge is 0.433 e. The lowest BCUT2D eigenvalue weighted by Crippen LogP contribution is -2.13. The fourth-order valence-electron chi connectivity index (χ4n) is 1.52. The van der Waals surface area contributed by atoms with Crippen molar-refractivity contribution >= 4 is 5.88 Å². The van der Waals surface area contributed by atoms with Crippen molar-refractivity contribution in [3.05, 3.63) is 63.7 Å². The highest BCUT2D eigenvalue weighted by Gasteiger charge is 2.11. The summed E-state index contributed by atoms with van der Waals surface area (Å²) in [6.45, 7) is 0.642. The molecule has 0 fully saturated rings. The summed E-state index contributed by atoms with van der Waals surface area (Å²) in [7, 11) is 0. The first-order valence-corrected chi connectivity index (χ1v) is 5.34. The van der Waals surface area contributed by atoms with Crippen LogP contribution in [-0.4, -0.2) is 4.92 Å². The van der Waals surface area contributed by atoms with E-state index in [2.05, 4.69) is 5.32 Å². The fraction of sp³-hybridized carbons (Fsp3) is 0.167. The molecule has 1 aromatic carbocycles. The summed E-state index contributed by atoms with van der Waals surface area (Å²) in [4.78, 5) is 9.80. The van der Waals surface area contributed by atoms with Crippen LogP contribution in [0.2, 0.25) is 0 Å². The van der Waals surface area contributed by atoms with Crippen molar-refractivity contribution in [2.45, 2.75) is 13.1 Å². The number of nitrogens with zero attached hydrogens (tertiary/aromatic N) is 1. The number of benzene rings is 1. The minimum Gasteiger partial charge on any atom is -0.404 e. The number of rotatable bonds is 5. The molecule has 5 nitrogen and oxygen atoms in total. The molecule has 0 aliphatic carbocycles. The Kier molecular flexibility index (Phi) is 3.69. The molecule has 0 saturated carbocycles. The highest BCUT2D eigenvalue weighted by Crippen LogP contribution is 2.15. The van der Waals surface area contributed by atoms with Crippen LogP contribution >= 0.6 is 0 Å². The van der Waals surface area contributed by atoms with Gasteiger partial charge in [0.2, 0.25) is 0 Å². The summed E-state index contributed by atoms with van der Waals surface area (Å²) in [5.41, 5.74) is 0.540. The highest BCUT2D eigenvalue weighted by molar-refractivity contribution is 5.19. The molecule has 1 aromatic heterocycles. The van der Waals surface area contributed by atoms with Crippen LogP contribution < -0.4 is 5.32 Å². The summed E-state index contributed by atoms with van der Waals surface area (Å²) in [6, 6.07) is 9.24. The van der Waals surface area contributed by atoms with Gasteiger partial charge in [0.05, 0.1) is 12.6 Å². The standard InChI is InChI=1S/C12H11FN2O3/c13-11-4-2-1-3-9(11)7-14-8-10-5-6-12(18-10)15(16)17/h1-6,14H,7-8H2. The first kappa shape index (κ1) is 12.3. The third kappa shape index (κ3) is 2.92. The molecule has 0 aliphatic rings. The Balaban J connectivity index is 1.88. The van der Waals surface area contributed by atoms with Gasteiger partial charge in [-0.3, -0.25) is 10.1 Å². The number of hydrogen-bond donors (Lipinski definition) is 1. The molecule has 0 radical (unpaired) electrons. The minimum absolute atomic E-state index is 0.282. The molecule has 0 aliphatic heterocycles. The van der Waals surface area contributed by atoms with Gasteiger partial charge in [-0.25, -0.2) is 4.39 Å². The van der Waals surface area contributed by atoms with Crippen molar-refractivity contribution in [2.24, 2.45) is 0 Å². The summed E-state index contributed by atoms with van der Waals surface area (Å²) >= 11 is 0. The monoisotopic (exact) mass is 250 g/mol. The molecule has 6 heteroatoms. The molecule has 18 heavy (non-hydrogen) atoms. The maximum absolute atomic E-state index is 13.3. The lowest BCUT2D eigenvalue weighted by molar-refractivity contribution is -0.402. The molecule has 2 rings (SSSR count). The van der Waals surface area contributed by atoms with Gasteiger partial charge in [-0.2, -0.15) is 0 Å². The molecule has 0 bridgehead atoms. The second kappa shape index (κ2) is 5.42. The first-order valence-electron chi connectivity index (χ1n) is 5.34. The van der Waals surface area contributed by atoms with Crippen LogP contribution in [0.15, 0.2) is 40.8 Å². The van der Waals surface area contributed by atoms with Crippen LogP contribution in [0.5, 0.6) is 0 Å². The van der Waals surface area contributed by atoms with Crippen molar-refractivity contribution in [1.82, 2.24) is 5.32 Å². The Morgan fingerprint density at radius 3 is 2.67 bits per heavy atom. The number of halogens is 1. The predicted molar refractivity (Wildman–Crippen MR) is 62.3 cm³/mol. The van der Waals surface area contributed by atoms with Crippen LogP contribution in [0.3, 0.4) is 0 Å². The molecule has 2 aromatic rings. The van der Waals surface area contributed by atoms with Gasteiger partial charge < -0.3 is 9.73 Å². The van der Waals surface area contributed by atoms with E-state index in [9.17, 15) is 14.5 Å². The van der Waals surface area contributed by atoms with E-state index in [4.69, 9.17) is 4.42 Å². The van der Waals surface area contributed by atoms with Crippen LogP contribution in [0, 0.1) is 15.9 Å². The number of nitro groups is 1. The maximum Gasteiger partial charge on any atom is 0.433 e. The number of nitrogens with one attached hydrogen (secondary N) is 1. The Labute approximate surface area is 102 Å². The van der Waals surface area contributed by atoms with Crippen molar-refractivity contribution in [1.29, 1.82) is 0 Å². The smallest absolute Gasteiger partial charge is 0.404 e. The minimum atomic E-state index is -0.597. The predicted octanol–water partition coefficient (Wildman–Crippen LogP) is 2.62. The zero-order valence-corrected chi connectivity index (χ0v) is 9.43. The lowest BCUT2D eigenvalue weighted by Gasteiger charge is -2.03. The van der Waals surface area contributed by atoms with Gasteiger partial charge in [-0.1, -0.05) is 18.2 Å². The van der Waals surface area contributed by atoms with Gasteiger partial charge in [0, 0.05) is 12.1 Å². The van der Waals surface area contributed by atoms with Crippen LogP contribution in [0.25, 0.3) is 0 Å². The van der Waals surface area contributed by atoms with Crippen molar-refractivity contribution < 1.29 is 13.7 Å². The number of furan rings is 1. The zero-order chi connectivity index (χ0) is 13.0. The topological polar surface area (TPSA) is 68.3 Å². The van der Waals surface area contributed by atoms with Gasteiger partial charge in [-0.15, -0.1) is 0 Å². The van der Waals surface area contributed by atoms with E-state index in [0.717, 1.165) is 0 Å². The van der Waals surface area contributed by atoms with E-state index < -0.39 is 4.92 Å². The van der Waals surface area contributed by atoms with E-state index in [0.29, 0.717) is 24.4 Å². The zero-order valence-electron chi connectivity index (χ0n) is 9.43. The Morgan fingerprint density at radius 2 is 2.00 bits per heavy atom. The van der Waals surface area contributed by atoms with Crippen LogP contribution in [0.4, 0.5) is 10.3 Å². The van der Waals surface area contributed by atoms with Gasteiger partial charge in [0.1, 0.15) is 16.5 Å². The second-order valence-electron chi connectivity index (χ2n) is 3.69. The molecular formula is C12H11FN2O3. The Hall–Kier alpha value is -2.21. The average Bonchev–Trinajstić information content (AvgIpc) is 2.80. The van der Waals surface area contributed by atoms with Gasteiger partial charge in [-0.05, 0) is 12.1 Å². The summed E-state index contributed by atoms with van der Waals surface area (Å²) < 4.78 is 18.2. The highest BCUT2D eigenvalue weighted by atomic mass is 19.1. The van der Waals surface area contributed by atoms with Gasteiger partial charge >= 0.3 is 5.88 Å². The average molecular weight is 250 g/mol. The third-order valence-corrected chi connectivity index (χ3v) is 2.40. The summed E-state index contributed by atoms with van der Waals surface area (Å²) in [6.07, 6.45) is 0. The van der Waals surface area contributed by atoms with E-state index in [1.54, 1.807) is 18.2 Å². The number of hydrogen-bond acceptors (Lipinski definition) is 4. The van der Waals surface area contributed by atoms with Gasteiger partial charge in [0.25, 0.3) is 0 Å². The SMILES string of the molecule is O=[N+]([O-])c1ccc(CNCc2ccccc2F)o1. The molecule has 0 spiro atoms. The van der Waals surface area contributed by atoms with E-state index >= 15 is 0 Å². The molecule has 94 valence electrons. The molecule has 0 amide bonds. The van der Waals surface area contributed by atoms with Crippen molar-refractivity contribution in [3.8, 4) is 0 Å². The normalized spacial score (nSPS) is 10.5. The maximum atomic E-state index is 13.3. The quantitative estimate of drug-likeness (QED) is 0.654. The van der Waals surface area contributed by atoms with E-state index in [-0.39, 0.29) is 11.7 Å². The van der Waals surface area contributed by atoms with Crippen LogP contribution in [-0.2, 0) is 13.1 Å². The summed E-state index contributed by atoms with van der Waals surface area (Å²) in [5.74, 6) is -0.133. The van der Waals surface area contributed by atoms with Crippen molar-refractivity contribution in [2.75, 3.05) is 0 Å². The molecule has 0 unspecified atom stereocenters. The fourth-order valence-corrected chi connectivity index (χ4v) is 1.52. The molecule has 0 saturated heterocycles. The van der Waals surface area contributed by atoms with Crippen molar-refractivity contribution in [3.63, 3.8) is 0 Å². The Morgan fingerprint density at radius 1 is 1.22 bits per heavy atom. The summed E-state index contributed by atoms with van der Waals surface area (Å²) in [5, 5.41) is 13.4. The third-order valence-electron chi connectivity index (χ3n) is 2.40. The Bertz CT molecular complexity index is 554. The first-order chi connectivity index (χ1) is 8.66. The van der Waals surface area contributed by atoms with E-state index in [1.165, 1.54) is 18.2 Å². The second-order valence-corrected chi connectivity index (χ2v) is 3.69. The molecule has 0 atom stereocenters.